The number of ether oxygens (including phenoxy) is 1. The van der Waals surface area contributed by atoms with E-state index in [4.69, 9.17) is 10.5 Å². The fraction of sp³-hybridized carbons (Fsp3) is 0.633. The van der Waals surface area contributed by atoms with Gasteiger partial charge < -0.3 is 15.8 Å². The monoisotopic (exact) mass is 500 g/mol. The maximum atomic E-state index is 12.1. The van der Waals surface area contributed by atoms with Crippen molar-refractivity contribution < 1.29 is 9.53 Å². The SMILES string of the molecule is CCC=CCC=CCC=CCC=CCC=CCCCC(=O)NCCN(CCN)CCN1CCOCC1. The Morgan fingerprint density at radius 2 is 1.44 bits per heavy atom. The molecule has 0 atom stereocenters. The highest BCUT2D eigenvalue weighted by atomic mass is 16.5. The van der Waals surface area contributed by atoms with Crippen molar-refractivity contribution in [3.05, 3.63) is 60.8 Å². The van der Waals surface area contributed by atoms with Crippen LogP contribution in [0.25, 0.3) is 0 Å². The molecular weight excluding hydrogens is 448 g/mol. The quantitative estimate of drug-likeness (QED) is 0.178. The molecule has 0 unspecified atom stereocenters. The average molecular weight is 501 g/mol. The van der Waals surface area contributed by atoms with E-state index in [1.165, 1.54) is 0 Å². The Morgan fingerprint density at radius 1 is 0.861 bits per heavy atom. The topological polar surface area (TPSA) is 70.8 Å². The number of carbonyl (C=O) groups excluding carboxylic acids is 1. The van der Waals surface area contributed by atoms with E-state index in [0.29, 0.717) is 19.5 Å². The molecule has 1 aliphatic heterocycles. The number of hydrogen-bond donors (Lipinski definition) is 2. The van der Waals surface area contributed by atoms with Crippen LogP contribution in [0.3, 0.4) is 0 Å². The Kier molecular flexibility index (Phi) is 22.0. The van der Waals surface area contributed by atoms with Gasteiger partial charge in [-0.3, -0.25) is 14.6 Å². The first-order valence-electron chi connectivity index (χ1n) is 14.0. The van der Waals surface area contributed by atoms with E-state index >= 15 is 0 Å². The first-order chi connectivity index (χ1) is 17.8. The minimum atomic E-state index is 0.142. The summed E-state index contributed by atoms with van der Waals surface area (Å²) in [6.07, 6.45) is 29.5. The van der Waals surface area contributed by atoms with Gasteiger partial charge in [0.25, 0.3) is 0 Å². The maximum Gasteiger partial charge on any atom is 0.220 e. The molecule has 0 aliphatic carbocycles. The first-order valence-corrected chi connectivity index (χ1v) is 14.0. The molecule has 0 spiro atoms. The molecule has 0 aromatic heterocycles. The number of hydrogen-bond acceptors (Lipinski definition) is 5. The third-order valence-corrected chi connectivity index (χ3v) is 5.96. The van der Waals surface area contributed by atoms with Crippen molar-refractivity contribution in [2.45, 2.75) is 58.3 Å². The van der Waals surface area contributed by atoms with E-state index in [-0.39, 0.29) is 5.91 Å². The summed E-state index contributed by atoms with van der Waals surface area (Å²) < 4.78 is 5.41. The standard InChI is InChI=1S/C30H52N4O2/c1-2-3-4-5-6-7-8-9-10-11-12-13-14-15-16-17-18-19-30(35)32-21-23-33(22-20-31)24-25-34-26-28-36-29-27-34/h3-4,6-7,9-10,12-13,15-16H,2,5,8,11,14,17-29,31H2,1H3,(H,32,35). The zero-order valence-corrected chi connectivity index (χ0v) is 22.8. The highest BCUT2D eigenvalue weighted by molar-refractivity contribution is 5.75. The van der Waals surface area contributed by atoms with E-state index in [0.717, 1.165) is 97.4 Å². The lowest BCUT2D eigenvalue weighted by molar-refractivity contribution is -0.121. The largest absolute Gasteiger partial charge is 0.379 e. The fourth-order valence-corrected chi connectivity index (χ4v) is 3.82. The van der Waals surface area contributed by atoms with E-state index in [2.05, 4.69) is 82.8 Å². The van der Waals surface area contributed by atoms with Crippen molar-refractivity contribution in [2.24, 2.45) is 5.73 Å². The van der Waals surface area contributed by atoms with Crippen LogP contribution >= 0.6 is 0 Å². The zero-order chi connectivity index (χ0) is 25.9. The molecule has 1 aliphatic rings. The molecule has 1 saturated heterocycles. The predicted molar refractivity (Wildman–Crippen MR) is 154 cm³/mol. The van der Waals surface area contributed by atoms with Crippen LogP contribution in [0.4, 0.5) is 0 Å². The summed E-state index contributed by atoms with van der Waals surface area (Å²) in [5.41, 5.74) is 5.77. The molecule has 0 radical (unpaired) electrons. The van der Waals surface area contributed by atoms with Crippen molar-refractivity contribution in [1.82, 2.24) is 15.1 Å². The van der Waals surface area contributed by atoms with Crippen molar-refractivity contribution in [3.63, 3.8) is 0 Å². The van der Waals surface area contributed by atoms with Crippen LogP contribution < -0.4 is 11.1 Å². The second kappa shape index (κ2) is 24.7. The number of nitrogens with zero attached hydrogens (tertiary/aromatic N) is 2. The van der Waals surface area contributed by atoms with Crippen LogP contribution in [0.2, 0.25) is 0 Å². The van der Waals surface area contributed by atoms with Crippen LogP contribution in [0.5, 0.6) is 0 Å². The molecule has 0 aromatic carbocycles. The molecule has 6 heteroatoms. The Bertz CT molecular complexity index is 664. The lowest BCUT2D eigenvalue weighted by Crippen LogP contribution is -2.44. The van der Waals surface area contributed by atoms with E-state index in [1.807, 2.05) is 0 Å². The molecule has 3 N–H and O–H groups in total. The summed E-state index contributed by atoms with van der Waals surface area (Å²) in [5, 5.41) is 3.06. The third-order valence-electron chi connectivity index (χ3n) is 5.96. The molecule has 1 rings (SSSR count). The van der Waals surface area contributed by atoms with Crippen LogP contribution in [-0.2, 0) is 9.53 Å². The van der Waals surface area contributed by atoms with E-state index in [1.54, 1.807) is 0 Å². The molecule has 1 fully saturated rings. The lowest BCUT2D eigenvalue weighted by Gasteiger charge is -2.30. The number of rotatable bonds is 21. The Labute approximate surface area is 221 Å². The van der Waals surface area contributed by atoms with Crippen molar-refractivity contribution in [2.75, 3.05) is 65.6 Å². The van der Waals surface area contributed by atoms with Gasteiger partial charge in [0.1, 0.15) is 0 Å². The summed E-state index contributed by atoms with van der Waals surface area (Å²) in [7, 11) is 0. The average Bonchev–Trinajstić information content (AvgIpc) is 2.89. The van der Waals surface area contributed by atoms with Crippen molar-refractivity contribution in [3.8, 4) is 0 Å². The van der Waals surface area contributed by atoms with E-state index in [9.17, 15) is 4.79 Å². The second-order valence-corrected chi connectivity index (χ2v) is 9.03. The minimum Gasteiger partial charge on any atom is -0.379 e. The first kappa shape index (κ1) is 32.0. The summed E-state index contributed by atoms with van der Waals surface area (Å²) in [4.78, 5) is 16.9. The molecule has 0 bridgehead atoms. The van der Waals surface area contributed by atoms with Gasteiger partial charge in [0, 0.05) is 58.8 Å². The molecule has 0 aromatic rings. The summed E-state index contributed by atoms with van der Waals surface area (Å²) in [6.45, 7) is 10.9. The minimum absolute atomic E-state index is 0.142. The van der Waals surface area contributed by atoms with Gasteiger partial charge in [-0.25, -0.2) is 0 Å². The van der Waals surface area contributed by atoms with Gasteiger partial charge >= 0.3 is 0 Å². The Morgan fingerprint density at radius 3 is 2.03 bits per heavy atom. The van der Waals surface area contributed by atoms with Crippen molar-refractivity contribution in [1.29, 1.82) is 0 Å². The number of nitrogens with one attached hydrogen (secondary N) is 1. The number of carbonyl (C=O) groups is 1. The highest BCUT2D eigenvalue weighted by Gasteiger charge is 2.12. The van der Waals surface area contributed by atoms with Gasteiger partial charge in [-0.2, -0.15) is 0 Å². The normalized spacial score (nSPS) is 15.6. The molecular formula is C30H52N4O2. The summed E-state index contributed by atoms with van der Waals surface area (Å²) in [6, 6.07) is 0. The van der Waals surface area contributed by atoms with Gasteiger partial charge in [0.15, 0.2) is 0 Å². The number of amides is 1. The summed E-state index contributed by atoms with van der Waals surface area (Å²) in [5.74, 6) is 0.142. The van der Waals surface area contributed by atoms with Crippen LogP contribution in [0, 0.1) is 0 Å². The third kappa shape index (κ3) is 20.2. The lowest BCUT2D eigenvalue weighted by atomic mass is 10.2. The maximum absolute atomic E-state index is 12.1. The van der Waals surface area contributed by atoms with Crippen molar-refractivity contribution >= 4 is 5.91 Å². The van der Waals surface area contributed by atoms with Crippen LogP contribution in [-0.4, -0.2) is 81.3 Å². The van der Waals surface area contributed by atoms with Gasteiger partial charge in [-0.1, -0.05) is 67.7 Å². The molecule has 36 heavy (non-hydrogen) atoms. The number of nitrogens with two attached hydrogens (primary N) is 1. The smallest absolute Gasteiger partial charge is 0.220 e. The van der Waals surface area contributed by atoms with Gasteiger partial charge in [0.2, 0.25) is 5.91 Å². The van der Waals surface area contributed by atoms with Crippen LogP contribution in [0.15, 0.2) is 60.8 Å². The number of morpholine rings is 1. The molecule has 6 nitrogen and oxygen atoms in total. The van der Waals surface area contributed by atoms with Gasteiger partial charge in [-0.15, -0.1) is 0 Å². The number of unbranched alkanes of at least 4 members (excludes halogenated alkanes) is 1. The second-order valence-electron chi connectivity index (χ2n) is 9.03. The fourth-order valence-electron chi connectivity index (χ4n) is 3.82. The van der Waals surface area contributed by atoms with Gasteiger partial charge in [0.05, 0.1) is 13.2 Å². The molecule has 204 valence electrons. The highest BCUT2D eigenvalue weighted by Crippen LogP contribution is 2.00. The molecule has 0 saturated carbocycles. The Balaban J connectivity index is 2.00. The molecule has 1 amide bonds. The summed E-state index contributed by atoms with van der Waals surface area (Å²) >= 11 is 0. The Hall–Kier alpha value is -1.99. The predicted octanol–water partition coefficient (Wildman–Crippen LogP) is 4.62. The molecule has 1 heterocycles. The number of allylic oxidation sites excluding steroid dienone is 10. The van der Waals surface area contributed by atoms with Gasteiger partial charge in [-0.05, 0) is 44.9 Å². The zero-order valence-electron chi connectivity index (χ0n) is 22.8. The van der Waals surface area contributed by atoms with Crippen LogP contribution in [0.1, 0.15) is 58.3 Å². The van der Waals surface area contributed by atoms with E-state index < -0.39 is 0 Å².